The van der Waals surface area contributed by atoms with Crippen molar-refractivity contribution in [3.8, 4) is 6.07 Å². The number of aryl methyl sites for hydroxylation is 1. The van der Waals surface area contributed by atoms with Crippen molar-refractivity contribution in [3.05, 3.63) is 70.8 Å². The number of nitrogens with one attached hydrogen (secondary N) is 1. The molecule has 0 aliphatic heterocycles. The molecule has 0 saturated heterocycles. The molecule has 0 unspecified atom stereocenters. The molecule has 0 spiro atoms. The van der Waals surface area contributed by atoms with Crippen LogP contribution in [0.4, 0.5) is 5.69 Å². The molecule has 0 aliphatic rings. The van der Waals surface area contributed by atoms with Gasteiger partial charge < -0.3 is 10.4 Å². The number of benzene rings is 2. The number of carbonyl (C=O) groups excluding carboxylic acids is 1. The summed E-state index contributed by atoms with van der Waals surface area (Å²) < 4.78 is 0. The van der Waals surface area contributed by atoms with Crippen molar-refractivity contribution in [2.75, 3.05) is 5.32 Å². The highest BCUT2D eigenvalue weighted by atomic mass is 16.4. The van der Waals surface area contributed by atoms with E-state index in [1.807, 2.05) is 37.3 Å². The highest BCUT2D eigenvalue weighted by Gasteiger charge is 2.10. The summed E-state index contributed by atoms with van der Waals surface area (Å²) in [5, 5.41) is 20.6. The van der Waals surface area contributed by atoms with E-state index in [-0.39, 0.29) is 11.1 Å². The van der Waals surface area contributed by atoms with Gasteiger partial charge in [0.2, 0.25) is 0 Å². The van der Waals surface area contributed by atoms with E-state index in [4.69, 9.17) is 5.11 Å². The second kappa shape index (κ2) is 7.05. The first-order valence-corrected chi connectivity index (χ1v) is 6.83. The van der Waals surface area contributed by atoms with Crippen LogP contribution in [0.15, 0.2) is 54.1 Å². The predicted molar refractivity (Wildman–Crippen MR) is 86.8 cm³/mol. The highest BCUT2D eigenvalue weighted by molar-refractivity contribution is 6.09. The minimum atomic E-state index is -1.04. The molecule has 1 amide bonds. The van der Waals surface area contributed by atoms with E-state index < -0.39 is 11.9 Å². The summed E-state index contributed by atoms with van der Waals surface area (Å²) >= 11 is 0. The Morgan fingerprint density at radius 2 is 1.78 bits per heavy atom. The maximum atomic E-state index is 12.2. The summed E-state index contributed by atoms with van der Waals surface area (Å²) in [6, 6.07) is 15.0. The lowest BCUT2D eigenvalue weighted by molar-refractivity contribution is -0.112. The molecule has 5 nitrogen and oxygen atoms in total. The number of nitrogens with zero attached hydrogens (tertiary/aromatic N) is 1. The zero-order valence-electron chi connectivity index (χ0n) is 12.4. The highest BCUT2D eigenvalue weighted by Crippen LogP contribution is 2.14. The first-order valence-electron chi connectivity index (χ1n) is 6.83. The number of hydrogen-bond acceptors (Lipinski definition) is 3. The standard InChI is InChI=1S/C18H14N2O3/c1-12-4-2-3-5-14(12)10-15(11-19)17(21)20-16-8-6-13(7-9-16)18(22)23/h2-10H,1H3,(H,20,21)(H,22,23)/b15-10+. The number of carbonyl (C=O) groups is 2. The number of carboxylic acids is 1. The molecule has 2 aromatic rings. The first kappa shape index (κ1) is 16.0. The fraction of sp³-hybridized carbons (Fsp3) is 0.0556. The number of anilines is 1. The van der Waals surface area contributed by atoms with Crippen LogP contribution in [0.2, 0.25) is 0 Å². The van der Waals surface area contributed by atoms with E-state index in [0.717, 1.165) is 11.1 Å². The van der Waals surface area contributed by atoms with Gasteiger partial charge in [-0.25, -0.2) is 4.79 Å². The van der Waals surface area contributed by atoms with Crippen LogP contribution in [0.25, 0.3) is 6.08 Å². The van der Waals surface area contributed by atoms with E-state index in [2.05, 4.69) is 5.32 Å². The summed E-state index contributed by atoms with van der Waals surface area (Å²) in [6.45, 7) is 1.89. The Labute approximate surface area is 133 Å². The Hall–Kier alpha value is -3.39. The van der Waals surface area contributed by atoms with Crippen LogP contribution in [0, 0.1) is 18.3 Å². The molecule has 0 saturated carbocycles. The molecule has 2 aromatic carbocycles. The Morgan fingerprint density at radius 3 is 2.35 bits per heavy atom. The van der Waals surface area contributed by atoms with Gasteiger partial charge in [-0.15, -0.1) is 0 Å². The van der Waals surface area contributed by atoms with Gasteiger partial charge in [0.15, 0.2) is 0 Å². The van der Waals surface area contributed by atoms with Gasteiger partial charge in [0.1, 0.15) is 11.6 Å². The first-order chi connectivity index (χ1) is 11.0. The molecular weight excluding hydrogens is 292 g/mol. The molecule has 0 heterocycles. The maximum Gasteiger partial charge on any atom is 0.335 e. The van der Waals surface area contributed by atoms with Crippen LogP contribution in [-0.4, -0.2) is 17.0 Å². The SMILES string of the molecule is Cc1ccccc1/C=C(\C#N)C(=O)Nc1ccc(C(=O)O)cc1. The topological polar surface area (TPSA) is 90.2 Å². The number of carboxylic acid groups (broad SMARTS) is 1. The predicted octanol–water partition coefficient (Wildman–Crippen LogP) is 3.24. The largest absolute Gasteiger partial charge is 0.478 e. The monoisotopic (exact) mass is 306 g/mol. The summed E-state index contributed by atoms with van der Waals surface area (Å²) in [6.07, 6.45) is 1.52. The van der Waals surface area contributed by atoms with Crippen LogP contribution in [-0.2, 0) is 4.79 Å². The third-order valence-corrected chi connectivity index (χ3v) is 3.24. The summed E-state index contributed by atoms with van der Waals surface area (Å²) in [4.78, 5) is 22.9. The van der Waals surface area contributed by atoms with Crippen molar-refractivity contribution < 1.29 is 14.7 Å². The Balaban J connectivity index is 2.19. The lowest BCUT2D eigenvalue weighted by atomic mass is 10.1. The number of hydrogen-bond donors (Lipinski definition) is 2. The van der Waals surface area contributed by atoms with E-state index in [9.17, 15) is 14.9 Å². The summed E-state index contributed by atoms with van der Waals surface area (Å²) in [5.41, 5.74) is 2.27. The van der Waals surface area contributed by atoms with Crippen molar-refractivity contribution >= 4 is 23.6 Å². The van der Waals surface area contributed by atoms with Gasteiger partial charge in [0, 0.05) is 5.69 Å². The van der Waals surface area contributed by atoms with Crippen LogP contribution in [0.1, 0.15) is 21.5 Å². The van der Waals surface area contributed by atoms with Gasteiger partial charge in [-0.2, -0.15) is 5.26 Å². The van der Waals surface area contributed by atoms with E-state index in [0.29, 0.717) is 5.69 Å². The zero-order chi connectivity index (χ0) is 16.8. The Kier molecular flexibility index (Phi) is 4.90. The van der Waals surface area contributed by atoms with Crippen LogP contribution < -0.4 is 5.32 Å². The second-order valence-corrected chi connectivity index (χ2v) is 4.86. The van der Waals surface area contributed by atoms with Crippen LogP contribution >= 0.6 is 0 Å². The number of nitriles is 1. The van der Waals surface area contributed by atoms with Crippen molar-refractivity contribution in [3.63, 3.8) is 0 Å². The van der Waals surface area contributed by atoms with Gasteiger partial charge in [0.25, 0.3) is 5.91 Å². The average Bonchev–Trinajstić information content (AvgIpc) is 2.54. The number of rotatable bonds is 4. The number of aromatic carboxylic acids is 1. The molecular formula is C18H14N2O3. The van der Waals surface area contributed by atoms with Gasteiger partial charge in [0.05, 0.1) is 5.56 Å². The lowest BCUT2D eigenvalue weighted by Crippen LogP contribution is -2.13. The molecule has 0 aliphatic carbocycles. The van der Waals surface area contributed by atoms with Crippen molar-refractivity contribution in [1.82, 2.24) is 0 Å². The van der Waals surface area contributed by atoms with Gasteiger partial charge >= 0.3 is 5.97 Å². The van der Waals surface area contributed by atoms with E-state index in [1.54, 1.807) is 0 Å². The fourth-order valence-electron chi connectivity index (χ4n) is 1.95. The van der Waals surface area contributed by atoms with Crippen molar-refractivity contribution in [2.45, 2.75) is 6.92 Å². The second-order valence-electron chi connectivity index (χ2n) is 4.86. The minimum Gasteiger partial charge on any atom is -0.478 e. The average molecular weight is 306 g/mol. The molecule has 114 valence electrons. The summed E-state index contributed by atoms with van der Waals surface area (Å²) in [7, 11) is 0. The third-order valence-electron chi connectivity index (χ3n) is 3.24. The minimum absolute atomic E-state index is 0.0263. The molecule has 0 aromatic heterocycles. The van der Waals surface area contributed by atoms with Crippen LogP contribution in [0.5, 0.6) is 0 Å². The van der Waals surface area contributed by atoms with Gasteiger partial charge in [-0.05, 0) is 48.4 Å². The van der Waals surface area contributed by atoms with E-state index >= 15 is 0 Å². The maximum absolute atomic E-state index is 12.2. The fourth-order valence-corrected chi connectivity index (χ4v) is 1.95. The molecule has 0 atom stereocenters. The number of amides is 1. The quantitative estimate of drug-likeness (QED) is 0.670. The molecule has 2 rings (SSSR count). The normalized spacial score (nSPS) is 10.7. The molecule has 23 heavy (non-hydrogen) atoms. The third kappa shape index (κ3) is 4.05. The smallest absolute Gasteiger partial charge is 0.335 e. The molecule has 0 radical (unpaired) electrons. The van der Waals surface area contributed by atoms with E-state index in [1.165, 1.54) is 30.3 Å². The molecule has 5 heteroatoms. The van der Waals surface area contributed by atoms with Gasteiger partial charge in [-0.1, -0.05) is 24.3 Å². The molecule has 0 bridgehead atoms. The van der Waals surface area contributed by atoms with Crippen molar-refractivity contribution in [1.29, 1.82) is 5.26 Å². The Bertz CT molecular complexity index is 815. The summed E-state index contributed by atoms with van der Waals surface area (Å²) in [5.74, 6) is -1.58. The zero-order valence-corrected chi connectivity index (χ0v) is 12.4. The van der Waals surface area contributed by atoms with Crippen LogP contribution in [0.3, 0.4) is 0 Å². The molecule has 2 N–H and O–H groups in total. The lowest BCUT2D eigenvalue weighted by Gasteiger charge is -2.05. The molecule has 0 fully saturated rings. The van der Waals surface area contributed by atoms with Gasteiger partial charge in [-0.3, -0.25) is 4.79 Å². The Morgan fingerprint density at radius 1 is 1.13 bits per heavy atom. The van der Waals surface area contributed by atoms with Crippen molar-refractivity contribution in [2.24, 2.45) is 0 Å².